The van der Waals surface area contributed by atoms with Crippen LogP contribution in [0.1, 0.15) is 31.7 Å². The number of methoxy groups -OCH3 is 1. The third-order valence-electron chi connectivity index (χ3n) is 4.99. The molecule has 3 heterocycles. The molecule has 2 aromatic heterocycles. The van der Waals surface area contributed by atoms with Gasteiger partial charge in [-0.1, -0.05) is 18.2 Å². The largest absolute Gasteiger partial charge is 0.465 e. The number of thiophene rings is 2. The summed E-state index contributed by atoms with van der Waals surface area (Å²) < 4.78 is 4.81. The van der Waals surface area contributed by atoms with E-state index < -0.39 is 5.97 Å². The molecule has 1 amide bonds. The molecule has 7 heteroatoms. The van der Waals surface area contributed by atoms with Gasteiger partial charge in [-0.15, -0.1) is 22.7 Å². The maximum atomic E-state index is 12.8. The number of fused-ring (bicyclic) bond motifs is 1. The summed E-state index contributed by atoms with van der Waals surface area (Å²) in [5.41, 5.74) is 2.18. The highest BCUT2D eigenvalue weighted by atomic mass is 32.1. The molecule has 1 unspecified atom stereocenters. The van der Waals surface area contributed by atoms with Crippen LogP contribution >= 0.6 is 22.7 Å². The van der Waals surface area contributed by atoms with Crippen LogP contribution in [0.2, 0.25) is 0 Å². The molecule has 0 saturated heterocycles. The highest BCUT2D eigenvalue weighted by molar-refractivity contribution is 7.10. The monoisotopic (exact) mass is 413 g/mol. The Labute approximate surface area is 171 Å². The molecule has 144 valence electrons. The molecule has 5 nitrogen and oxygen atoms in total. The Kier molecular flexibility index (Phi) is 5.57. The summed E-state index contributed by atoms with van der Waals surface area (Å²) >= 11 is 3.53. The van der Waals surface area contributed by atoms with E-state index in [1.54, 1.807) is 46.9 Å². The number of rotatable bonds is 5. The molecule has 3 aromatic rings. The summed E-state index contributed by atoms with van der Waals surface area (Å²) in [7, 11) is 1.34. The summed E-state index contributed by atoms with van der Waals surface area (Å²) in [6.07, 6.45) is 0.982. The van der Waals surface area contributed by atoms with Gasteiger partial charge in [-0.2, -0.15) is 0 Å². The Morgan fingerprint density at radius 2 is 2.00 bits per heavy atom. The first kappa shape index (κ1) is 18.9. The number of hydrogen-bond donors (Lipinski definition) is 2. The van der Waals surface area contributed by atoms with Gasteiger partial charge < -0.3 is 15.0 Å². The molecular weight excluding hydrogens is 392 g/mol. The predicted molar refractivity (Wildman–Crippen MR) is 111 cm³/mol. The molecule has 1 aliphatic heterocycles. The Hall–Kier alpha value is -2.48. The maximum Gasteiger partial charge on any atom is 0.339 e. The third-order valence-corrected chi connectivity index (χ3v) is 6.93. The second-order valence-electron chi connectivity index (χ2n) is 6.67. The van der Waals surface area contributed by atoms with Crippen LogP contribution in [0.25, 0.3) is 0 Å². The number of anilines is 1. The van der Waals surface area contributed by atoms with Crippen molar-refractivity contribution in [1.29, 1.82) is 0 Å². The lowest BCUT2D eigenvalue weighted by Crippen LogP contribution is -3.14. The average Bonchev–Trinajstić information content (AvgIpc) is 3.39. The molecule has 0 spiro atoms. The van der Waals surface area contributed by atoms with Crippen molar-refractivity contribution in [2.45, 2.75) is 12.5 Å². The van der Waals surface area contributed by atoms with E-state index in [1.165, 1.54) is 27.3 Å². The van der Waals surface area contributed by atoms with E-state index in [9.17, 15) is 9.59 Å². The normalized spacial score (nSPS) is 18.3. The molecule has 4 rings (SSSR count). The van der Waals surface area contributed by atoms with Crippen molar-refractivity contribution >= 4 is 40.2 Å². The van der Waals surface area contributed by atoms with Crippen LogP contribution in [-0.2, 0) is 16.0 Å². The topological polar surface area (TPSA) is 59.8 Å². The molecule has 0 bridgehead atoms. The minimum Gasteiger partial charge on any atom is -0.465 e. The lowest BCUT2D eigenvalue weighted by Gasteiger charge is -2.31. The van der Waals surface area contributed by atoms with Crippen LogP contribution in [0.15, 0.2) is 53.2 Å². The second kappa shape index (κ2) is 8.26. The van der Waals surface area contributed by atoms with E-state index >= 15 is 0 Å². The van der Waals surface area contributed by atoms with Crippen LogP contribution < -0.4 is 10.2 Å². The Morgan fingerprint density at radius 3 is 2.79 bits per heavy atom. The fourth-order valence-corrected chi connectivity index (χ4v) is 5.55. The van der Waals surface area contributed by atoms with Crippen LogP contribution in [0.3, 0.4) is 0 Å². The van der Waals surface area contributed by atoms with E-state index in [1.807, 2.05) is 0 Å². The van der Waals surface area contributed by atoms with Gasteiger partial charge in [-0.05, 0) is 35.0 Å². The smallest absolute Gasteiger partial charge is 0.339 e. The quantitative estimate of drug-likeness (QED) is 0.633. The van der Waals surface area contributed by atoms with Gasteiger partial charge in [0.15, 0.2) is 6.54 Å². The maximum absolute atomic E-state index is 12.8. The molecule has 2 N–H and O–H groups in total. The summed E-state index contributed by atoms with van der Waals surface area (Å²) in [5.74, 6) is -0.563. The minimum absolute atomic E-state index is 0.105. The number of nitrogens with one attached hydrogen (secondary N) is 2. The average molecular weight is 414 g/mol. The summed E-state index contributed by atoms with van der Waals surface area (Å²) in [5, 5.41) is 7.13. The van der Waals surface area contributed by atoms with Crippen molar-refractivity contribution in [1.82, 2.24) is 0 Å². The highest BCUT2D eigenvalue weighted by Crippen LogP contribution is 2.31. The second-order valence-corrected chi connectivity index (χ2v) is 8.65. The number of hydrogen-bond acceptors (Lipinski definition) is 5. The Morgan fingerprint density at radius 1 is 1.14 bits per heavy atom. The van der Waals surface area contributed by atoms with E-state index in [0.29, 0.717) is 17.8 Å². The number of benzene rings is 1. The molecule has 0 aliphatic carbocycles. The molecular formula is C21H21N2O3S2+. The van der Waals surface area contributed by atoms with Crippen molar-refractivity contribution in [2.75, 3.05) is 25.5 Å². The van der Waals surface area contributed by atoms with Gasteiger partial charge in [0.05, 0.1) is 29.8 Å². The summed E-state index contributed by atoms with van der Waals surface area (Å²) in [4.78, 5) is 28.7. The van der Waals surface area contributed by atoms with Crippen LogP contribution in [0, 0.1) is 0 Å². The zero-order chi connectivity index (χ0) is 19.5. The molecule has 0 saturated carbocycles. The minimum atomic E-state index is -0.458. The van der Waals surface area contributed by atoms with Gasteiger partial charge in [0, 0.05) is 16.9 Å². The zero-order valence-electron chi connectivity index (χ0n) is 15.4. The Bertz CT molecular complexity index is 981. The fraction of sp³-hybridized carbons (Fsp3) is 0.238. The first-order valence-corrected chi connectivity index (χ1v) is 10.8. The lowest BCUT2D eigenvalue weighted by atomic mass is 9.98. The van der Waals surface area contributed by atoms with Crippen molar-refractivity contribution in [3.05, 3.63) is 74.1 Å². The molecule has 1 aliphatic rings. The number of ether oxygens (including phenoxy) is 1. The van der Waals surface area contributed by atoms with E-state index in [0.717, 1.165) is 13.0 Å². The first-order chi connectivity index (χ1) is 13.7. The predicted octanol–water partition coefficient (Wildman–Crippen LogP) is 2.77. The standard InChI is InChI=1S/C21H20N2O3S2/c1-26-21(25)14-5-2-3-6-16(14)22-19(24)13-23-10-8-17-15(9-12-28-17)20(23)18-7-4-11-27-18/h2-7,9,11-12,20H,8,10,13H2,1H3,(H,22,24)/p+1/t20-/m1/s1. The molecule has 28 heavy (non-hydrogen) atoms. The van der Waals surface area contributed by atoms with Crippen molar-refractivity contribution in [3.63, 3.8) is 0 Å². The van der Waals surface area contributed by atoms with Gasteiger partial charge >= 0.3 is 5.97 Å². The lowest BCUT2D eigenvalue weighted by molar-refractivity contribution is -0.919. The van der Waals surface area contributed by atoms with E-state index in [4.69, 9.17) is 4.74 Å². The van der Waals surface area contributed by atoms with Crippen LogP contribution in [0.5, 0.6) is 0 Å². The molecule has 0 fully saturated rings. The number of amides is 1. The van der Waals surface area contributed by atoms with Gasteiger partial charge in [-0.25, -0.2) is 4.79 Å². The fourth-order valence-electron chi connectivity index (χ4n) is 3.73. The number of para-hydroxylation sites is 1. The Balaban J connectivity index is 1.54. The molecule has 1 aromatic carbocycles. The number of esters is 1. The third kappa shape index (κ3) is 3.73. The summed E-state index contributed by atoms with van der Waals surface area (Å²) in [6, 6.07) is 13.5. The van der Waals surface area contributed by atoms with Crippen molar-refractivity contribution < 1.29 is 19.2 Å². The van der Waals surface area contributed by atoms with Gasteiger partial charge in [-0.3, -0.25) is 4.79 Å². The summed E-state index contributed by atoms with van der Waals surface area (Å²) in [6.45, 7) is 1.25. The van der Waals surface area contributed by atoms with Crippen LogP contribution in [0.4, 0.5) is 5.69 Å². The number of carbonyl (C=O) groups is 2. The molecule has 2 atom stereocenters. The zero-order valence-corrected chi connectivity index (χ0v) is 17.1. The van der Waals surface area contributed by atoms with Gasteiger partial charge in [0.25, 0.3) is 5.91 Å². The van der Waals surface area contributed by atoms with E-state index in [-0.39, 0.29) is 11.9 Å². The van der Waals surface area contributed by atoms with Crippen molar-refractivity contribution in [3.8, 4) is 0 Å². The number of quaternary nitrogens is 1. The van der Waals surface area contributed by atoms with Crippen LogP contribution in [-0.4, -0.2) is 32.1 Å². The number of carbonyl (C=O) groups excluding carboxylic acids is 2. The molecule has 0 radical (unpaired) electrons. The SMILES string of the molecule is COC(=O)c1ccccc1NC(=O)C[NH+]1CCc2sccc2[C@@H]1c1cccs1. The highest BCUT2D eigenvalue weighted by Gasteiger charge is 2.35. The van der Waals surface area contributed by atoms with Gasteiger partial charge in [0.2, 0.25) is 0 Å². The van der Waals surface area contributed by atoms with E-state index in [2.05, 4.69) is 34.3 Å². The van der Waals surface area contributed by atoms with Crippen molar-refractivity contribution in [2.24, 2.45) is 0 Å². The van der Waals surface area contributed by atoms with Gasteiger partial charge in [0.1, 0.15) is 6.04 Å². The first-order valence-electron chi connectivity index (χ1n) is 9.09.